The third-order valence-corrected chi connectivity index (χ3v) is 3.56. The second-order valence-corrected chi connectivity index (χ2v) is 5.25. The number of fused-ring (bicyclic) bond motifs is 1. The maximum Gasteiger partial charge on any atom is 0.130 e. The summed E-state index contributed by atoms with van der Waals surface area (Å²) in [6.45, 7) is 3.20. The molecule has 1 atom stereocenters. The zero-order chi connectivity index (χ0) is 14.7. The number of anilines is 1. The monoisotopic (exact) mass is 285 g/mol. The first kappa shape index (κ1) is 13.8. The van der Waals surface area contributed by atoms with Crippen LogP contribution in [0.1, 0.15) is 16.8 Å². The summed E-state index contributed by atoms with van der Waals surface area (Å²) in [5.74, 6) is 1.83. The molecule has 1 aromatic heterocycles. The third kappa shape index (κ3) is 3.13. The number of aryl methyl sites for hydroxylation is 1. The standard InChI is InChI=1S/C16H19N3O2/c1-11-4-3-5-12-6-14(9-21-16(11)12)19-15-7-13(8-20-2)17-10-18-15/h3-5,7,10,14H,6,8-9H2,1-2H3,(H,17,18,19). The molecule has 1 N–H and O–H groups in total. The van der Waals surface area contributed by atoms with Gasteiger partial charge in [0, 0.05) is 13.2 Å². The van der Waals surface area contributed by atoms with E-state index in [1.165, 1.54) is 11.1 Å². The van der Waals surface area contributed by atoms with Crippen molar-refractivity contribution in [3.63, 3.8) is 0 Å². The molecule has 110 valence electrons. The summed E-state index contributed by atoms with van der Waals surface area (Å²) in [6.07, 6.45) is 2.49. The molecular weight excluding hydrogens is 266 g/mol. The maximum absolute atomic E-state index is 5.89. The Kier molecular flexibility index (Phi) is 4.01. The predicted octanol–water partition coefficient (Wildman–Crippen LogP) is 2.35. The lowest BCUT2D eigenvalue weighted by Crippen LogP contribution is -2.33. The average Bonchev–Trinajstić information content (AvgIpc) is 2.48. The Morgan fingerprint density at radius 1 is 1.38 bits per heavy atom. The molecule has 0 bridgehead atoms. The molecule has 3 rings (SSSR count). The van der Waals surface area contributed by atoms with Gasteiger partial charge in [-0.25, -0.2) is 9.97 Å². The minimum absolute atomic E-state index is 0.213. The fraction of sp³-hybridized carbons (Fsp3) is 0.375. The summed E-state index contributed by atoms with van der Waals surface area (Å²) >= 11 is 0. The number of nitrogens with one attached hydrogen (secondary N) is 1. The van der Waals surface area contributed by atoms with Crippen LogP contribution in [0.15, 0.2) is 30.6 Å². The second kappa shape index (κ2) is 6.10. The molecule has 0 saturated carbocycles. The molecule has 0 saturated heterocycles. The van der Waals surface area contributed by atoms with E-state index in [2.05, 4.69) is 40.4 Å². The number of hydrogen-bond donors (Lipinski definition) is 1. The summed E-state index contributed by atoms with van der Waals surface area (Å²) < 4.78 is 11.0. The van der Waals surface area contributed by atoms with Gasteiger partial charge in [0.1, 0.15) is 24.5 Å². The van der Waals surface area contributed by atoms with E-state index in [-0.39, 0.29) is 6.04 Å². The van der Waals surface area contributed by atoms with Crippen molar-refractivity contribution in [3.8, 4) is 5.75 Å². The van der Waals surface area contributed by atoms with E-state index in [9.17, 15) is 0 Å². The number of methoxy groups -OCH3 is 1. The zero-order valence-corrected chi connectivity index (χ0v) is 12.3. The zero-order valence-electron chi connectivity index (χ0n) is 12.3. The van der Waals surface area contributed by atoms with Crippen LogP contribution >= 0.6 is 0 Å². The van der Waals surface area contributed by atoms with E-state index < -0.39 is 0 Å². The molecule has 0 aliphatic carbocycles. The first-order chi connectivity index (χ1) is 10.3. The fourth-order valence-electron chi connectivity index (χ4n) is 2.59. The molecule has 21 heavy (non-hydrogen) atoms. The number of hydrogen-bond acceptors (Lipinski definition) is 5. The van der Waals surface area contributed by atoms with Gasteiger partial charge in [-0.15, -0.1) is 0 Å². The Hall–Kier alpha value is -2.14. The number of benzene rings is 1. The Labute approximate surface area is 124 Å². The van der Waals surface area contributed by atoms with E-state index in [1.807, 2.05) is 6.07 Å². The van der Waals surface area contributed by atoms with Crippen LogP contribution in [0.2, 0.25) is 0 Å². The van der Waals surface area contributed by atoms with Crippen LogP contribution in [-0.4, -0.2) is 29.7 Å². The van der Waals surface area contributed by atoms with Crippen LogP contribution in [0.4, 0.5) is 5.82 Å². The smallest absolute Gasteiger partial charge is 0.130 e. The Bertz CT molecular complexity index is 631. The second-order valence-electron chi connectivity index (χ2n) is 5.25. The molecule has 1 aliphatic heterocycles. The summed E-state index contributed by atoms with van der Waals surface area (Å²) in [4.78, 5) is 8.42. The topological polar surface area (TPSA) is 56.3 Å². The van der Waals surface area contributed by atoms with E-state index in [0.717, 1.165) is 23.7 Å². The van der Waals surface area contributed by atoms with Gasteiger partial charge >= 0.3 is 0 Å². The fourth-order valence-corrected chi connectivity index (χ4v) is 2.59. The lowest BCUT2D eigenvalue weighted by molar-refractivity contribution is 0.181. The van der Waals surface area contributed by atoms with Gasteiger partial charge < -0.3 is 14.8 Å². The van der Waals surface area contributed by atoms with Gasteiger partial charge in [-0.05, 0) is 24.5 Å². The van der Waals surface area contributed by atoms with Crippen molar-refractivity contribution in [3.05, 3.63) is 47.4 Å². The minimum atomic E-state index is 0.213. The molecule has 2 heterocycles. The van der Waals surface area contributed by atoms with E-state index >= 15 is 0 Å². The minimum Gasteiger partial charge on any atom is -0.491 e. The van der Waals surface area contributed by atoms with Crippen molar-refractivity contribution in [1.82, 2.24) is 9.97 Å². The molecule has 5 heteroatoms. The Balaban J connectivity index is 1.71. The summed E-state index contributed by atoms with van der Waals surface area (Å²) in [5.41, 5.74) is 3.29. The molecule has 0 fully saturated rings. The quantitative estimate of drug-likeness (QED) is 0.934. The SMILES string of the molecule is COCc1cc(NC2COc3c(C)cccc3C2)ncn1. The number of rotatable bonds is 4. The van der Waals surface area contributed by atoms with E-state index in [4.69, 9.17) is 9.47 Å². The number of aromatic nitrogens is 2. The lowest BCUT2D eigenvalue weighted by Gasteiger charge is -2.27. The highest BCUT2D eigenvalue weighted by molar-refractivity contribution is 5.44. The van der Waals surface area contributed by atoms with Crippen LogP contribution < -0.4 is 10.1 Å². The van der Waals surface area contributed by atoms with Crippen LogP contribution in [0.3, 0.4) is 0 Å². The molecule has 0 amide bonds. The van der Waals surface area contributed by atoms with E-state index in [1.54, 1.807) is 13.4 Å². The lowest BCUT2D eigenvalue weighted by atomic mass is 10.00. The highest BCUT2D eigenvalue weighted by Crippen LogP contribution is 2.29. The van der Waals surface area contributed by atoms with Gasteiger partial charge in [-0.2, -0.15) is 0 Å². The molecule has 1 unspecified atom stereocenters. The van der Waals surface area contributed by atoms with Crippen molar-refractivity contribution in [2.45, 2.75) is 26.0 Å². The van der Waals surface area contributed by atoms with Crippen LogP contribution in [0, 0.1) is 6.92 Å². The third-order valence-electron chi connectivity index (χ3n) is 3.56. The van der Waals surface area contributed by atoms with Crippen molar-refractivity contribution >= 4 is 5.82 Å². The average molecular weight is 285 g/mol. The van der Waals surface area contributed by atoms with Crippen LogP contribution in [0.25, 0.3) is 0 Å². The van der Waals surface area contributed by atoms with Crippen molar-refractivity contribution < 1.29 is 9.47 Å². The molecular formula is C16H19N3O2. The molecule has 1 aromatic carbocycles. The first-order valence-electron chi connectivity index (χ1n) is 7.04. The molecule has 2 aromatic rings. The maximum atomic E-state index is 5.89. The number of ether oxygens (including phenoxy) is 2. The normalized spacial score (nSPS) is 17.0. The van der Waals surface area contributed by atoms with Crippen molar-refractivity contribution in [1.29, 1.82) is 0 Å². The number of nitrogens with zero attached hydrogens (tertiary/aromatic N) is 2. The van der Waals surface area contributed by atoms with E-state index in [0.29, 0.717) is 13.2 Å². The van der Waals surface area contributed by atoms with Gasteiger partial charge in [0.2, 0.25) is 0 Å². The van der Waals surface area contributed by atoms with Gasteiger partial charge in [-0.3, -0.25) is 0 Å². The number of para-hydroxylation sites is 1. The van der Waals surface area contributed by atoms with Gasteiger partial charge in [0.25, 0.3) is 0 Å². The molecule has 5 nitrogen and oxygen atoms in total. The first-order valence-corrected chi connectivity index (χ1v) is 7.04. The largest absolute Gasteiger partial charge is 0.491 e. The highest BCUT2D eigenvalue weighted by atomic mass is 16.5. The summed E-state index contributed by atoms with van der Waals surface area (Å²) in [6, 6.07) is 8.39. The molecule has 1 aliphatic rings. The molecule has 0 spiro atoms. The molecule has 0 radical (unpaired) electrons. The van der Waals surface area contributed by atoms with Crippen LogP contribution in [0.5, 0.6) is 5.75 Å². The van der Waals surface area contributed by atoms with Crippen LogP contribution in [-0.2, 0) is 17.8 Å². The predicted molar refractivity (Wildman–Crippen MR) is 80.5 cm³/mol. The van der Waals surface area contributed by atoms with Gasteiger partial charge in [0.05, 0.1) is 18.3 Å². The Morgan fingerprint density at radius 2 is 2.29 bits per heavy atom. The summed E-state index contributed by atoms with van der Waals surface area (Å²) in [5, 5.41) is 3.41. The summed E-state index contributed by atoms with van der Waals surface area (Å²) in [7, 11) is 1.66. The highest BCUT2D eigenvalue weighted by Gasteiger charge is 2.21. The van der Waals surface area contributed by atoms with Crippen molar-refractivity contribution in [2.24, 2.45) is 0 Å². The van der Waals surface area contributed by atoms with Gasteiger partial charge in [-0.1, -0.05) is 18.2 Å². The van der Waals surface area contributed by atoms with Gasteiger partial charge in [0.15, 0.2) is 0 Å². The van der Waals surface area contributed by atoms with Crippen molar-refractivity contribution in [2.75, 3.05) is 19.0 Å². The Morgan fingerprint density at radius 3 is 3.14 bits per heavy atom.